The minimum atomic E-state index is -1.70. The van der Waals surface area contributed by atoms with Gasteiger partial charge in [0.25, 0.3) is 0 Å². The minimum absolute atomic E-state index is 0.0663. The van der Waals surface area contributed by atoms with Gasteiger partial charge in [-0.2, -0.15) is 0 Å². The van der Waals surface area contributed by atoms with Crippen LogP contribution in [0, 0.1) is 0 Å². The lowest BCUT2D eigenvalue weighted by molar-refractivity contribution is -0.332. The van der Waals surface area contributed by atoms with Gasteiger partial charge in [0.05, 0.1) is 26.4 Å². The number of carbonyl (C=O) groups excluding carboxylic acids is 1. The number of unbranched alkanes of at least 4 members (excludes halogenated alkanes) is 34. The number of hydrogen-bond acceptors (Lipinski definition) is 14. The molecule has 0 radical (unpaired) electrons. The number of esters is 1. The van der Waals surface area contributed by atoms with Crippen molar-refractivity contribution < 1.29 is 69.0 Å². The first-order valence-electron chi connectivity index (χ1n) is 30.3. The van der Waals surface area contributed by atoms with E-state index in [1.807, 2.05) is 0 Å². The number of rotatable bonds is 50. The summed E-state index contributed by atoms with van der Waals surface area (Å²) in [6.45, 7) is 3.74. The SMILES string of the molecule is CCCCCCCC/C=C\CCCCCCCCCC(=O)OC(COCCCCCCCCCCCCCCCCCCCCCCCC)COC1OC(COC2OC(CO)C(O)C(O)C2O)C(O)C(O)C1O. The Balaban J connectivity index is 1.69. The number of ether oxygens (including phenoxy) is 6. The zero-order valence-corrected chi connectivity index (χ0v) is 46.4. The Morgan fingerprint density at radius 3 is 1.25 bits per heavy atom. The summed E-state index contributed by atoms with van der Waals surface area (Å²) in [4.78, 5) is 13.1. The van der Waals surface area contributed by atoms with Crippen LogP contribution in [-0.2, 0) is 33.2 Å². The van der Waals surface area contributed by atoms with Crippen molar-refractivity contribution in [3.8, 4) is 0 Å². The molecule has 2 aliphatic heterocycles. The fourth-order valence-corrected chi connectivity index (χ4v) is 9.87. The third kappa shape index (κ3) is 33.6. The Bertz CT molecular complexity index is 1260. The van der Waals surface area contributed by atoms with Gasteiger partial charge in [0, 0.05) is 13.0 Å². The van der Waals surface area contributed by atoms with Gasteiger partial charge < -0.3 is 64.2 Å². The predicted octanol–water partition coefficient (Wildman–Crippen LogP) is 11.0. The van der Waals surface area contributed by atoms with Crippen molar-refractivity contribution in [3.63, 3.8) is 0 Å². The Hall–Kier alpha value is -1.27. The Morgan fingerprint density at radius 1 is 0.438 bits per heavy atom. The standard InChI is InChI=1S/C59H112O14/c1-3-5-7-9-11-13-15-17-19-21-22-23-24-25-27-29-31-33-35-37-39-41-43-68-45-48(71-51(61)42-40-38-36-34-32-30-28-26-20-18-16-14-12-10-8-6-4-2)46-69-58-57(67)55(65)53(63)50(73-58)47-70-59-56(66)54(64)52(62)49(44-60)72-59/h18,20,48-50,52-60,62-67H,3-17,19,21-47H2,1-2H3/b20-18-. The second kappa shape index (κ2) is 46.8. The van der Waals surface area contributed by atoms with Gasteiger partial charge in [-0.25, -0.2) is 0 Å². The highest BCUT2D eigenvalue weighted by molar-refractivity contribution is 5.69. The molecule has 11 unspecified atom stereocenters. The van der Waals surface area contributed by atoms with E-state index >= 15 is 0 Å². The zero-order chi connectivity index (χ0) is 53.0. The molecule has 11 atom stereocenters. The molecule has 0 aliphatic carbocycles. The van der Waals surface area contributed by atoms with Crippen LogP contribution in [0.2, 0.25) is 0 Å². The van der Waals surface area contributed by atoms with Gasteiger partial charge >= 0.3 is 5.97 Å². The number of aliphatic hydroxyl groups excluding tert-OH is 7. The fourth-order valence-electron chi connectivity index (χ4n) is 9.87. The molecule has 0 spiro atoms. The van der Waals surface area contributed by atoms with Gasteiger partial charge in [-0.15, -0.1) is 0 Å². The summed E-state index contributed by atoms with van der Waals surface area (Å²) in [5.74, 6) is -0.374. The van der Waals surface area contributed by atoms with E-state index in [0.29, 0.717) is 13.0 Å². The van der Waals surface area contributed by atoms with Crippen LogP contribution in [0.3, 0.4) is 0 Å². The van der Waals surface area contributed by atoms with E-state index in [0.717, 1.165) is 44.9 Å². The van der Waals surface area contributed by atoms with Gasteiger partial charge in [-0.05, 0) is 38.5 Å². The second-order valence-corrected chi connectivity index (χ2v) is 21.5. The first kappa shape index (κ1) is 67.8. The van der Waals surface area contributed by atoms with Gasteiger partial charge in [0.2, 0.25) is 0 Å². The van der Waals surface area contributed by atoms with Crippen molar-refractivity contribution in [3.05, 3.63) is 12.2 Å². The first-order chi connectivity index (χ1) is 35.6. The quantitative estimate of drug-likeness (QED) is 0.0172. The highest BCUT2D eigenvalue weighted by Gasteiger charge is 2.47. The molecule has 14 heteroatoms. The third-order valence-corrected chi connectivity index (χ3v) is 14.8. The maximum absolute atomic E-state index is 13.1. The molecule has 0 bridgehead atoms. The lowest BCUT2D eigenvalue weighted by Crippen LogP contribution is -2.61. The molecule has 0 aromatic heterocycles. The lowest BCUT2D eigenvalue weighted by Gasteiger charge is -2.42. The number of hydrogen-bond donors (Lipinski definition) is 7. The normalized spacial score (nSPS) is 24.9. The van der Waals surface area contributed by atoms with Crippen molar-refractivity contribution in [2.45, 2.75) is 325 Å². The predicted molar refractivity (Wildman–Crippen MR) is 289 cm³/mol. The molecule has 0 aromatic carbocycles. The maximum atomic E-state index is 13.1. The van der Waals surface area contributed by atoms with Crippen LogP contribution in [0.5, 0.6) is 0 Å². The van der Waals surface area contributed by atoms with Crippen LogP contribution in [0.1, 0.15) is 258 Å². The molecular weight excluding hydrogens is 933 g/mol. The third-order valence-electron chi connectivity index (χ3n) is 14.8. The van der Waals surface area contributed by atoms with Crippen LogP contribution >= 0.6 is 0 Å². The molecule has 73 heavy (non-hydrogen) atoms. The smallest absolute Gasteiger partial charge is 0.306 e. The first-order valence-corrected chi connectivity index (χ1v) is 30.3. The van der Waals surface area contributed by atoms with E-state index in [4.69, 9.17) is 28.4 Å². The molecule has 432 valence electrons. The van der Waals surface area contributed by atoms with Crippen LogP contribution in [-0.4, -0.2) is 142 Å². The van der Waals surface area contributed by atoms with Crippen molar-refractivity contribution >= 4 is 5.97 Å². The Morgan fingerprint density at radius 2 is 0.808 bits per heavy atom. The number of aliphatic hydroxyl groups is 7. The van der Waals surface area contributed by atoms with Crippen molar-refractivity contribution in [2.75, 3.05) is 33.0 Å². The Kier molecular flexibility index (Phi) is 43.5. The molecule has 0 aromatic rings. The van der Waals surface area contributed by atoms with Crippen LogP contribution in [0.4, 0.5) is 0 Å². The van der Waals surface area contributed by atoms with E-state index in [1.165, 1.54) is 186 Å². The highest BCUT2D eigenvalue weighted by atomic mass is 16.7. The minimum Gasteiger partial charge on any atom is -0.457 e. The fraction of sp³-hybridized carbons (Fsp3) is 0.949. The number of carbonyl (C=O) groups is 1. The number of allylic oxidation sites excluding steroid dienone is 2. The maximum Gasteiger partial charge on any atom is 0.306 e. The molecule has 2 aliphatic rings. The van der Waals surface area contributed by atoms with Crippen LogP contribution < -0.4 is 0 Å². The van der Waals surface area contributed by atoms with E-state index in [9.17, 15) is 40.5 Å². The molecular formula is C59H112O14. The van der Waals surface area contributed by atoms with Crippen molar-refractivity contribution in [1.82, 2.24) is 0 Å². The second-order valence-electron chi connectivity index (χ2n) is 21.5. The summed E-state index contributed by atoms with van der Waals surface area (Å²) in [6, 6.07) is 0. The van der Waals surface area contributed by atoms with Crippen LogP contribution in [0.25, 0.3) is 0 Å². The molecule has 0 saturated carbocycles. The van der Waals surface area contributed by atoms with E-state index in [1.54, 1.807) is 0 Å². The summed E-state index contributed by atoms with van der Waals surface area (Å²) in [5, 5.41) is 72.4. The summed E-state index contributed by atoms with van der Waals surface area (Å²) in [7, 11) is 0. The van der Waals surface area contributed by atoms with Gasteiger partial charge in [-0.1, -0.05) is 225 Å². The monoisotopic (exact) mass is 1040 g/mol. The molecule has 2 heterocycles. The molecule has 0 amide bonds. The zero-order valence-electron chi connectivity index (χ0n) is 46.4. The lowest BCUT2D eigenvalue weighted by atomic mass is 9.98. The van der Waals surface area contributed by atoms with Gasteiger partial charge in [0.15, 0.2) is 12.6 Å². The average molecular weight is 1050 g/mol. The highest BCUT2D eigenvalue weighted by Crippen LogP contribution is 2.27. The molecule has 7 N–H and O–H groups in total. The average Bonchev–Trinajstić information content (AvgIpc) is 3.39. The van der Waals surface area contributed by atoms with E-state index in [2.05, 4.69) is 26.0 Å². The summed E-state index contributed by atoms with van der Waals surface area (Å²) in [6.07, 6.45) is 35.6. The van der Waals surface area contributed by atoms with Crippen molar-refractivity contribution in [2.24, 2.45) is 0 Å². The summed E-state index contributed by atoms with van der Waals surface area (Å²) >= 11 is 0. The van der Waals surface area contributed by atoms with E-state index in [-0.39, 0.29) is 25.6 Å². The molecule has 2 saturated heterocycles. The molecule has 2 fully saturated rings. The molecule has 2 rings (SSSR count). The Labute approximate surface area is 444 Å². The van der Waals surface area contributed by atoms with E-state index < -0.39 is 80.7 Å². The topological polar surface area (TPSA) is 214 Å². The van der Waals surface area contributed by atoms with Crippen LogP contribution in [0.15, 0.2) is 12.2 Å². The molecule has 14 nitrogen and oxygen atoms in total. The van der Waals surface area contributed by atoms with Crippen molar-refractivity contribution in [1.29, 1.82) is 0 Å². The summed E-state index contributed by atoms with van der Waals surface area (Å²) in [5.41, 5.74) is 0. The summed E-state index contributed by atoms with van der Waals surface area (Å²) < 4.78 is 34.4. The van der Waals surface area contributed by atoms with Gasteiger partial charge in [0.1, 0.15) is 54.9 Å². The largest absolute Gasteiger partial charge is 0.457 e. The van der Waals surface area contributed by atoms with Gasteiger partial charge in [-0.3, -0.25) is 4.79 Å².